The number of aromatic nitrogens is 1. The third-order valence-electron chi connectivity index (χ3n) is 4.02. The van der Waals surface area contributed by atoms with Gasteiger partial charge in [-0.25, -0.2) is 0 Å². The highest BCUT2D eigenvalue weighted by molar-refractivity contribution is 5.81. The van der Waals surface area contributed by atoms with Crippen LogP contribution in [0.5, 0.6) is 0 Å². The molecule has 0 aliphatic heterocycles. The SMILES string of the molecule is OC(Cc1ccnc2ccccc12)C1CC=CCC1. The maximum atomic E-state index is 10.4. The maximum Gasteiger partial charge on any atom is 0.0704 e. The van der Waals surface area contributed by atoms with Crippen molar-refractivity contribution in [3.8, 4) is 0 Å². The summed E-state index contributed by atoms with van der Waals surface area (Å²) in [5.41, 5.74) is 2.21. The summed E-state index contributed by atoms with van der Waals surface area (Å²) in [6.07, 6.45) is 9.92. The molecule has 2 heteroatoms. The van der Waals surface area contributed by atoms with E-state index in [2.05, 4.69) is 23.2 Å². The number of aliphatic hydroxyl groups is 1. The zero-order valence-corrected chi connectivity index (χ0v) is 11.0. The average molecular weight is 253 g/mol. The third-order valence-corrected chi connectivity index (χ3v) is 4.02. The van der Waals surface area contributed by atoms with Crippen molar-refractivity contribution in [1.82, 2.24) is 4.98 Å². The molecule has 0 amide bonds. The number of aliphatic hydroxyl groups excluding tert-OH is 1. The number of rotatable bonds is 3. The molecule has 0 bridgehead atoms. The number of nitrogens with zero attached hydrogens (tertiary/aromatic N) is 1. The van der Waals surface area contributed by atoms with Gasteiger partial charge in [-0.15, -0.1) is 0 Å². The number of hydrogen-bond acceptors (Lipinski definition) is 2. The lowest BCUT2D eigenvalue weighted by molar-refractivity contribution is 0.102. The predicted molar refractivity (Wildman–Crippen MR) is 77.9 cm³/mol. The van der Waals surface area contributed by atoms with E-state index in [-0.39, 0.29) is 6.10 Å². The van der Waals surface area contributed by atoms with Gasteiger partial charge in [0.2, 0.25) is 0 Å². The molecule has 1 heterocycles. The third kappa shape index (κ3) is 2.69. The largest absolute Gasteiger partial charge is 0.392 e. The number of hydrogen-bond donors (Lipinski definition) is 1. The number of benzene rings is 1. The molecule has 1 aromatic heterocycles. The number of pyridine rings is 1. The van der Waals surface area contributed by atoms with Crippen molar-refractivity contribution in [2.75, 3.05) is 0 Å². The van der Waals surface area contributed by atoms with Crippen LogP contribution in [0.25, 0.3) is 10.9 Å². The molecule has 0 spiro atoms. The second kappa shape index (κ2) is 5.54. The first-order valence-corrected chi connectivity index (χ1v) is 7.00. The van der Waals surface area contributed by atoms with Gasteiger partial charge in [0.25, 0.3) is 0 Å². The Labute approximate surface area is 113 Å². The van der Waals surface area contributed by atoms with E-state index in [1.807, 2.05) is 30.5 Å². The normalized spacial score (nSPS) is 20.6. The fourth-order valence-corrected chi connectivity index (χ4v) is 2.89. The first-order valence-electron chi connectivity index (χ1n) is 7.00. The van der Waals surface area contributed by atoms with Gasteiger partial charge in [0.15, 0.2) is 0 Å². The summed E-state index contributed by atoms with van der Waals surface area (Å²) in [5.74, 6) is 0.400. The van der Waals surface area contributed by atoms with Crippen molar-refractivity contribution in [2.45, 2.75) is 31.8 Å². The van der Waals surface area contributed by atoms with E-state index in [0.717, 1.165) is 36.6 Å². The fraction of sp³-hybridized carbons (Fsp3) is 0.353. The fourth-order valence-electron chi connectivity index (χ4n) is 2.89. The van der Waals surface area contributed by atoms with E-state index in [1.165, 1.54) is 5.56 Å². The summed E-state index contributed by atoms with van der Waals surface area (Å²) in [6, 6.07) is 10.2. The van der Waals surface area contributed by atoms with Crippen LogP contribution in [0.3, 0.4) is 0 Å². The summed E-state index contributed by atoms with van der Waals surface area (Å²) < 4.78 is 0. The van der Waals surface area contributed by atoms with Gasteiger partial charge in [0.05, 0.1) is 11.6 Å². The molecule has 0 saturated carbocycles. The highest BCUT2D eigenvalue weighted by Crippen LogP contribution is 2.26. The Hall–Kier alpha value is -1.67. The lowest BCUT2D eigenvalue weighted by Gasteiger charge is -2.24. The van der Waals surface area contributed by atoms with Gasteiger partial charge < -0.3 is 5.11 Å². The number of fused-ring (bicyclic) bond motifs is 1. The molecule has 98 valence electrons. The van der Waals surface area contributed by atoms with Crippen LogP contribution in [0.2, 0.25) is 0 Å². The summed E-state index contributed by atoms with van der Waals surface area (Å²) in [7, 11) is 0. The van der Waals surface area contributed by atoms with Crippen LogP contribution >= 0.6 is 0 Å². The minimum absolute atomic E-state index is 0.254. The standard InChI is InChI=1S/C17H19NO/c19-17(13-6-2-1-3-7-13)12-14-10-11-18-16-9-5-4-8-15(14)16/h1-2,4-5,8-11,13,17,19H,3,6-7,12H2. The Kier molecular flexibility index (Phi) is 3.60. The Bertz CT molecular complexity index is 585. The summed E-state index contributed by atoms with van der Waals surface area (Å²) in [4.78, 5) is 4.37. The molecular weight excluding hydrogens is 234 g/mol. The molecule has 0 saturated heterocycles. The predicted octanol–water partition coefficient (Wildman–Crippen LogP) is 3.49. The topological polar surface area (TPSA) is 33.1 Å². The molecule has 19 heavy (non-hydrogen) atoms. The van der Waals surface area contributed by atoms with Crippen molar-refractivity contribution >= 4 is 10.9 Å². The van der Waals surface area contributed by atoms with Crippen molar-refractivity contribution in [3.05, 3.63) is 54.2 Å². The number of allylic oxidation sites excluding steroid dienone is 2. The highest BCUT2D eigenvalue weighted by atomic mass is 16.3. The van der Waals surface area contributed by atoms with Crippen LogP contribution in [0, 0.1) is 5.92 Å². The zero-order chi connectivity index (χ0) is 13.1. The van der Waals surface area contributed by atoms with Crippen LogP contribution in [-0.2, 0) is 6.42 Å². The van der Waals surface area contributed by atoms with Gasteiger partial charge in [-0.1, -0.05) is 30.4 Å². The first kappa shape index (κ1) is 12.4. The Morgan fingerprint density at radius 2 is 2.11 bits per heavy atom. The van der Waals surface area contributed by atoms with Crippen molar-refractivity contribution in [2.24, 2.45) is 5.92 Å². The summed E-state index contributed by atoms with van der Waals surface area (Å²) >= 11 is 0. The van der Waals surface area contributed by atoms with E-state index in [0.29, 0.717) is 5.92 Å². The van der Waals surface area contributed by atoms with Gasteiger partial charge in [-0.2, -0.15) is 0 Å². The van der Waals surface area contributed by atoms with E-state index in [4.69, 9.17) is 0 Å². The van der Waals surface area contributed by atoms with Crippen LogP contribution in [0.15, 0.2) is 48.7 Å². The molecule has 0 fully saturated rings. The van der Waals surface area contributed by atoms with E-state index in [9.17, 15) is 5.11 Å². The zero-order valence-electron chi connectivity index (χ0n) is 11.0. The van der Waals surface area contributed by atoms with E-state index < -0.39 is 0 Å². The van der Waals surface area contributed by atoms with Crippen LogP contribution < -0.4 is 0 Å². The highest BCUT2D eigenvalue weighted by Gasteiger charge is 2.20. The van der Waals surface area contributed by atoms with Crippen molar-refractivity contribution in [1.29, 1.82) is 0 Å². The van der Waals surface area contributed by atoms with Crippen LogP contribution in [0.4, 0.5) is 0 Å². The van der Waals surface area contributed by atoms with E-state index in [1.54, 1.807) is 0 Å². The monoisotopic (exact) mass is 253 g/mol. The van der Waals surface area contributed by atoms with Crippen LogP contribution in [-0.4, -0.2) is 16.2 Å². The number of para-hydroxylation sites is 1. The Morgan fingerprint density at radius 1 is 1.21 bits per heavy atom. The molecule has 1 aliphatic rings. The Morgan fingerprint density at radius 3 is 2.95 bits per heavy atom. The molecule has 1 aromatic carbocycles. The first-order chi connectivity index (χ1) is 9.34. The quantitative estimate of drug-likeness (QED) is 0.849. The molecule has 1 aliphatic carbocycles. The summed E-state index contributed by atoms with van der Waals surface area (Å²) in [6.45, 7) is 0. The minimum Gasteiger partial charge on any atom is -0.392 e. The van der Waals surface area contributed by atoms with Crippen molar-refractivity contribution in [3.63, 3.8) is 0 Å². The molecule has 0 radical (unpaired) electrons. The molecular formula is C17H19NO. The van der Waals surface area contributed by atoms with Gasteiger partial charge in [-0.05, 0) is 49.3 Å². The molecule has 2 unspecified atom stereocenters. The molecule has 1 N–H and O–H groups in total. The second-order valence-corrected chi connectivity index (χ2v) is 5.30. The second-order valence-electron chi connectivity index (χ2n) is 5.30. The minimum atomic E-state index is -0.254. The lowest BCUT2D eigenvalue weighted by Crippen LogP contribution is -2.23. The molecule has 2 aromatic rings. The molecule has 2 nitrogen and oxygen atoms in total. The smallest absolute Gasteiger partial charge is 0.0704 e. The van der Waals surface area contributed by atoms with Crippen LogP contribution in [0.1, 0.15) is 24.8 Å². The van der Waals surface area contributed by atoms with Crippen molar-refractivity contribution < 1.29 is 5.11 Å². The van der Waals surface area contributed by atoms with Gasteiger partial charge >= 0.3 is 0 Å². The molecule has 3 rings (SSSR count). The molecule has 2 atom stereocenters. The average Bonchev–Trinajstić information content (AvgIpc) is 2.48. The Balaban J connectivity index is 1.83. The van der Waals surface area contributed by atoms with Gasteiger partial charge in [-0.3, -0.25) is 4.98 Å². The van der Waals surface area contributed by atoms with Gasteiger partial charge in [0, 0.05) is 11.6 Å². The lowest BCUT2D eigenvalue weighted by atomic mass is 9.86. The maximum absolute atomic E-state index is 10.4. The van der Waals surface area contributed by atoms with Gasteiger partial charge in [0.1, 0.15) is 0 Å². The van der Waals surface area contributed by atoms with E-state index >= 15 is 0 Å². The summed E-state index contributed by atoms with van der Waals surface area (Å²) in [5, 5.41) is 11.6.